The van der Waals surface area contributed by atoms with E-state index in [2.05, 4.69) is 49.1 Å². The molecule has 3 aromatic rings. The van der Waals surface area contributed by atoms with Crippen LogP contribution in [-0.4, -0.2) is 22.6 Å². The molecule has 4 rings (SSSR count). The molecule has 0 spiro atoms. The van der Waals surface area contributed by atoms with Crippen LogP contribution in [0.25, 0.3) is 11.1 Å². The highest BCUT2D eigenvalue weighted by molar-refractivity contribution is 6.08. The second-order valence-corrected chi connectivity index (χ2v) is 6.94. The predicted octanol–water partition coefficient (Wildman–Crippen LogP) is 4.25. The topological polar surface area (TPSA) is 59.2 Å². The summed E-state index contributed by atoms with van der Waals surface area (Å²) in [6.07, 6.45) is 3.58. The molecule has 0 radical (unpaired) electrons. The van der Waals surface area contributed by atoms with Gasteiger partial charge in [0.25, 0.3) is 11.6 Å². The molecular formula is C20H21N3O2. The molecule has 128 valence electrons. The molecular weight excluding hydrogens is 314 g/mol. The third-order valence-electron chi connectivity index (χ3n) is 4.82. The number of fused-ring (bicyclic) bond motifs is 2. The Labute approximate surface area is 146 Å². The number of hydrogen-bond donors (Lipinski definition) is 0. The molecule has 3 heterocycles. The van der Waals surface area contributed by atoms with Crippen LogP contribution in [0.4, 0.5) is 5.69 Å². The summed E-state index contributed by atoms with van der Waals surface area (Å²) in [6.45, 7) is 6.89. The largest absolute Gasteiger partial charge is 0.336 e. The van der Waals surface area contributed by atoms with Gasteiger partial charge in [-0.25, -0.2) is 4.98 Å². The van der Waals surface area contributed by atoms with Crippen molar-refractivity contribution < 1.29 is 9.32 Å². The lowest BCUT2D eigenvalue weighted by molar-refractivity contribution is 0.0984. The minimum Gasteiger partial charge on any atom is -0.336 e. The lowest BCUT2D eigenvalue weighted by Gasteiger charge is -2.31. The van der Waals surface area contributed by atoms with Gasteiger partial charge < -0.3 is 9.42 Å². The average molecular weight is 335 g/mol. The van der Waals surface area contributed by atoms with E-state index in [1.807, 2.05) is 11.0 Å². The Hall–Kier alpha value is -2.69. The zero-order valence-electron chi connectivity index (χ0n) is 14.7. The number of rotatable bonds is 2. The van der Waals surface area contributed by atoms with Crippen molar-refractivity contribution in [2.75, 3.05) is 11.4 Å². The highest BCUT2D eigenvalue weighted by Crippen LogP contribution is 2.32. The fraction of sp³-hybridized carbons (Fsp3) is 0.350. The molecule has 5 heteroatoms. The summed E-state index contributed by atoms with van der Waals surface area (Å²) in [4.78, 5) is 19.4. The van der Waals surface area contributed by atoms with E-state index in [4.69, 9.17) is 4.52 Å². The van der Waals surface area contributed by atoms with Gasteiger partial charge in [-0.05, 0) is 42.9 Å². The number of aromatic nitrogens is 2. The van der Waals surface area contributed by atoms with Crippen LogP contribution in [0.2, 0.25) is 0 Å². The number of para-hydroxylation sites is 1. The van der Waals surface area contributed by atoms with E-state index in [-0.39, 0.29) is 11.8 Å². The number of hydrogen-bond acceptors (Lipinski definition) is 4. The Bertz CT molecular complexity index is 959. The van der Waals surface area contributed by atoms with Crippen LogP contribution in [0.15, 0.2) is 35.0 Å². The van der Waals surface area contributed by atoms with Crippen molar-refractivity contribution in [3.63, 3.8) is 0 Å². The van der Waals surface area contributed by atoms with Gasteiger partial charge in [-0.2, -0.15) is 0 Å². The van der Waals surface area contributed by atoms with Crippen molar-refractivity contribution in [1.82, 2.24) is 10.1 Å². The normalized spacial score (nSPS) is 14.2. The Morgan fingerprint density at radius 3 is 2.96 bits per heavy atom. The molecule has 0 fully saturated rings. The zero-order chi connectivity index (χ0) is 17.6. The van der Waals surface area contributed by atoms with Crippen molar-refractivity contribution in [1.29, 1.82) is 0 Å². The number of aryl methyl sites for hydroxylation is 2. The van der Waals surface area contributed by atoms with Gasteiger partial charge in [0.2, 0.25) is 0 Å². The van der Waals surface area contributed by atoms with Crippen LogP contribution in [0.1, 0.15) is 53.4 Å². The summed E-state index contributed by atoms with van der Waals surface area (Å²) in [5, 5.41) is 4.92. The van der Waals surface area contributed by atoms with Gasteiger partial charge in [0.15, 0.2) is 0 Å². The monoisotopic (exact) mass is 335 g/mol. The summed E-state index contributed by atoms with van der Waals surface area (Å²) in [5.41, 5.74) is 5.32. The summed E-state index contributed by atoms with van der Waals surface area (Å²) < 4.78 is 5.28. The molecule has 1 amide bonds. The van der Waals surface area contributed by atoms with Crippen LogP contribution in [0.5, 0.6) is 0 Å². The molecule has 0 unspecified atom stereocenters. The Morgan fingerprint density at radius 1 is 1.32 bits per heavy atom. The lowest BCUT2D eigenvalue weighted by Crippen LogP contribution is -2.36. The van der Waals surface area contributed by atoms with E-state index in [0.29, 0.717) is 11.3 Å². The molecule has 2 aromatic heterocycles. The summed E-state index contributed by atoms with van der Waals surface area (Å²) in [7, 11) is 0. The van der Waals surface area contributed by atoms with Gasteiger partial charge in [-0.1, -0.05) is 37.2 Å². The van der Waals surface area contributed by atoms with Crippen LogP contribution in [-0.2, 0) is 6.42 Å². The van der Waals surface area contributed by atoms with Crippen LogP contribution in [0.3, 0.4) is 0 Å². The number of nitrogens with zero attached hydrogens (tertiary/aromatic N) is 3. The molecule has 0 atom stereocenters. The first kappa shape index (κ1) is 15.8. The number of amides is 1. The maximum Gasteiger partial charge on any atom is 0.259 e. The van der Waals surface area contributed by atoms with Crippen molar-refractivity contribution in [3.8, 4) is 0 Å². The SMILES string of the molecule is Cc1cccc2c1N(C(=O)c1cnc3onc(C(C)C)c3c1)CCC2. The number of pyridine rings is 1. The molecule has 0 N–H and O–H groups in total. The molecule has 0 saturated carbocycles. The molecule has 5 nitrogen and oxygen atoms in total. The smallest absolute Gasteiger partial charge is 0.259 e. The first-order valence-corrected chi connectivity index (χ1v) is 8.72. The number of benzene rings is 1. The Morgan fingerprint density at radius 2 is 2.16 bits per heavy atom. The van der Waals surface area contributed by atoms with Gasteiger partial charge in [-0.3, -0.25) is 4.79 Å². The lowest BCUT2D eigenvalue weighted by atomic mass is 9.97. The molecule has 1 aromatic carbocycles. The highest BCUT2D eigenvalue weighted by Gasteiger charge is 2.26. The minimum atomic E-state index is -0.0134. The van der Waals surface area contributed by atoms with E-state index in [1.165, 1.54) is 5.56 Å². The summed E-state index contributed by atoms with van der Waals surface area (Å²) in [5.74, 6) is 0.201. The molecule has 0 saturated heterocycles. The molecule has 0 aliphatic carbocycles. The van der Waals surface area contributed by atoms with Gasteiger partial charge in [0.1, 0.15) is 0 Å². The highest BCUT2D eigenvalue weighted by atomic mass is 16.5. The van der Waals surface area contributed by atoms with Gasteiger partial charge in [0, 0.05) is 12.7 Å². The number of carbonyl (C=O) groups excluding carboxylic acids is 1. The van der Waals surface area contributed by atoms with Gasteiger partial charge in [-0.15, -0.1) is 0 Å². The molecule has 1 aliphatic heterocycles. The molecule has 0 bridgehead atoms. The van der Waals surface area contributed by atoms with E-state index in [0.717, 1.165) is 41.7 Å². The first-order valence-electron chi connectivity index (χ1n) is 8.72. The van der Waals surface area contributed by atoms with Crippen molar-refractivity contribution in [3.05, 3.63) is 52.8 Å². The second kappa shape index (κ2) is 5.99. The van der Waals surface area contributed by atoms with Crippen LogP contribution >= 0.6 is 0 Å². The van der Waals surface area contributed by atoms with Crippen LogP contribution in [0, 0.1) is 6.92 Å². The van der Waals surface area contributed by atoms with Crippen molar-refractivity contribution >= 4 is 22.7 Å². The summed E-state index contributed by atoms with van der Waals surface area (Å²) in [6, 6.07) is 8.09. The Balaban J connectivity index is 1.78. The maximum atomic E-state index is 13.2. The van der Waals surface area contributed by atoms with Crippen molar-refractivity contribution in [2.24, 2.45) is 0 Å². The number of carbonyl (C=O) groups is 1. The first-order chi connectivity index (χ1) is 12.1. The molecule has 25 heavy (non-hydrogen) atoms. The zero-order valence-corrected chi connectivity index (χ0v) is 14.7. The fourth-order valence-corrected chi connectivity index (χ4v) is 3.59. The van der Waals surface area contributed by atoms with Crippen LogP contribution < -0.4 is 4.90 Å². The van der Waals surface area contributed by atoms with Gasteiger partial charge >= 0.3 is 0 Å². The molecule has 1 aliphatic rings. The Kier molecular flexibility index (Phi) is 3.79. The van der Waals surface area contributed by atoms with Crippen molar-refractivity contribution in [2.45, 2.75) is 39.5 Å². The average Bonchev–Trinajstić information content (AvgIpc) is 3.04. The van der Waals surface area contributed by atoms with Gasteiger partial charge in [0.05, 0.1) is 22.3 Å². The third-order valence-corrected chi connectivity index (χ3v) is 4.82. The third kappa shape index (κ3) is 2.60. The predicted molar refractivity (Wildman–Crippen MR) is 97.1 cm³/mol. The summed E-state index contributed by atoms with van der Waals surface area (Å²) >= 11 is 0. The van der Waals surface area contributed by atoms with E-state index < -0.39 is 0 Å². The van der Waals surface area contributed by atoms with E-state index in [1.54, 1.807) is 6.20 Å². The fourth-order valence-electron chi connectivity index (χ4n) is 3.59. The maximum absolute atomic E-state index is 13.2. The van der Waals surface area contributed by atoms with E-state index >= 15 is 0 Å². The standard InChI is InChI=1S/C20H21N3O2/c1-12(2)17-16-10-15(11-21-19(16)25-22-17)20(24)23-9-5-8-14-7-4-6-13(3)18(14)23/h4,6-7,10-12H,5,8-9H2,1-3H3. The minimum absolute atomic E-state index is 0.0134. The quantitative estimate of drug-likeness (QED) is 0.702. The van der Waals surface area contributed by atoms with E-state index in [9.17, 15) is 4.79 Å². The number of anilines is 1. The second-order valence-electron chi connectivity index (χ2n) is 6.94.